The predicted octanol–water partition coefficient (Wildman–Crippen LogP) is 5.18. The quantitative estimate of drug-likeness (QED) is 0.818. The van der Waals surface area contributed by atoms with Crippen LogP contribution in [-0.2, 0) is 0 Å². The summed E-state index contributed by atoms with van der Waals surface area (Å²) in [5.41, 5.74) is 2.69. The Bertz CT molecular complexity index is 578. The third-order valence-electron chi connectivity index (χ3n) is 2.90. The first kappa shape index (κ1) is 14.0. The molecule has 1 unspecified atom stereocenters. The van der Waals surface area contributed by atoms with Crippen molar-refractivity contribution in [3.05, 3.63) is 57.6 Å². The van der Waals surface area contributed by atoms with E-state index < -0.39 is 0 Å². The van der Waals surface area contributed by atoms with Crippen LogP contribution in [0.25, 0.3) is 0 Å². The molecule has 0 spiro atoms. The van der Waals surface area contributed by atoms with E-state index in [1.54, 1.807) is 24.3 Å². The molecule has 0 radical (unpaired) electrons. The molecule has 2 aromatic rings. The zero-order valence-corrected chi connectivity index (χ0v) is 12.3. The normalized spacial score (nSPS) is 12.2. The van der Waals surface area contributed by atoms with E-state index >= 15 is 0 Å². The van der Waals surface area contributed by atoms with Gasteiger partial charge in [-0.2, -0.15) is 0 Å². The summed E-state index contributed by atoms with van der Waals surface area (Å²) in [4.78, 5) is 0. The number of hydrogen-bond acceptors (Lipinski definition) is 2. The first-order valence-electron chi connectivity index (χ1n) is 5.98. The molecular formula is C15H15Cl2NO. The monoisotopic (exact) mass is 295 g/mol. The van der Waals surface area contributed by atoms with Crippen molar-refractivity contribution in [1.29, 1.82) is 0 Å². The van der Waals surface area contributed by atoms with Crippen LogP contribution in [0.5, 0.6) is 5.75 Å². The molecule has 0 bridgehead atoms. The lowest BCUT2D eigenvalue weighted by molar-refractivity contribution is 0.465. The van der Waals surface area contributed by atoms with Crippen molar-refractivity contribution in [3.8, 4) is 5.75 Å². The summed E-state index contributed by atoms with van der Waals surface area (Å²) in [5.74, 6) is 0.285. The molecular weight excluding hydrogens is 281 g/mol. The molecule has 4 heteroatoms. The second-order valence-electron chi connectivity index (χ2n) is 4.59. The molecule has 0 aromatic heterocycles. The number of hydrogen-bond donors (Lipinski definition) is 2. The molecule has 19 heavy (non-hydrogen) atoms. The van der Waals surface area contributed by atoms with E-state index in [-0.39, 0.29) is 11.8 Å². The van der Waals surface area contributed by atoms with E-state index in [2.05, 4.69) is 5.32 Å². The molecule has 0 saturated carbocycles. The van der Waals surface area contributed by atoms with Gasteiger partial charge >= 0.3 is 0 Å². The van der Waals surface area contributed by atoms with Crippen LogP contribution in [-0.4, -0.2) is 5.11 Å². The summed E-state index contributed by atoms with van der Waals surface area (Å²) in [7, 11) is 0. The molecule has 0 amide bonds. The summed E-state index contributed by atoms with van der Waals surface area (Å²) in [6.45, 7) is 3.91. The van der Waals surface area contributed by atoms with E-state index in [4.69, 9.17) is 23.2 Å². The van der Waals surface area contributed by atoms with Crippen LogP contribution in [0, 0.1) is 6.92 Å². The highest BCUT2D eigenvalue weighted by Crippen LogP contribution is 2.30. The molecule has 2 nitrogen and oxygen atoms in total. The Morgan fingerprint density at radius 1 is 1.05 bits per heavy atom. The average molecular weight is 296 g/mol. The van der Waals surface area contributed by atoms with Gasteiger partial charge in [0.2, 0.25) is 0 Å². The number of anilines is 1. The number of aryl methyl sites for hydroxylation is 1. The Morgan fingerprint density at radius 3 is 2.26 bits per heavy atom. The predicted molar refractivity (Wildman–Crippen MR) is 81.3 cm³/mol. The van der Waals surface area contributed by atoms with E-state index in [1.807, 2.05) is 26.0 Å². The van der Waals surface area contributed by atoms with Gasteiger partial charge in [-0.1, -0.05) is 35.3 Å². The van der Waals surface area contributed by atoms with Gasteiger partial charge in [0.05, 0.1) is 6.04 Å². The van der Waals surface area contributed by atoms with Gasteiger partial charge in [0.25, 0.3) is 0 Å². The molecule has 0 fully saturated rings. The first-order valence-corrected chi connectivity index (χ1v) is 6.73. The molecule has 0 aliphatic rings. The van der Waals surface area contributed by atoms with Crippen LogP contribution in [0.15, 0.2) is 36.4 Å². The van der Waals surface area contributed by atoms with Gasteiger partial charge in [-0.3, -0.25) is 0 Å². The minimum atomic E-state index is -0.0462. The zero-order chi connectivity index (χ0) is 14.0. The summed E-state index contributed by atoms with van der Waals surface area (Å²) >= 11 is 11.9. The Morgan fingerprint density at radius 2 is 1.68 bits per heavy atom. The summed E-state index contributed by atoms with van der Waals surface area (Å²) in [6, 6.07) is 10.9. The van der Waals surface area contributed by atoms with Gasteiger partial charge in [0, 0.05) is 21.3 Å². The fourth-order valence-corrected chi connectivity index (χ4v) is 2.51. The average Bonchev–Trinajstić information content (AvgIpc) is 2.26. The number of rotatable bonds is 3. The lowest BCUT2D eigenvalue weighted by atomic mass is 10.0. The third kappa shape index (κ3) is 3.55. The summed E-state index contributed by atoms with van der Waals surface area (Å²) in [5, 5.41) is 14.4. The fraction of sp³-hybridized carbons (Fsp3) is 0.200. The molecule has 0 heterocycles. The Hall–Kier alpha value is -1.38. The van der Waals surface area contributed by atoms with Crippen molar-refractivity contribution < 1.29 is 5.11 Å². The van der Waals surface area contributed by atoms with E-state index in [1.165, 1.54) is 0 Å². The Kier molecular flexibility index (Phi) is 4.23. The highest BCUT2D eigenvalue weighted by molar-refractivity contribution is 6.35. The maximum atomic E-state index is 9.96. The maximum Gasteiger partial charge on any atom is 0.121 e. The zero-order valence-electron chi connectivity index (χ0n) is 10.7. The molecule has 1 atom stereocenters. The smallest absolute Gasteiger partial charge is 0.121 e. The minimum absolute atomic E-state index is 0.0462. The van der Waals surface area contributed by atoms with E-state index in [0.29, 0.717) is 10.0 Å². The van der Waals surface area contributed by atoms with Gasteiger partial charge in [-0.25, -0.2) is 0 Å². The fourth-order valence-electron chi connectivity index (χ4n) is 1.98. The van der Waals surface area contributed by atoms with Crippen molar-refractivity contribution in [3.63, 3.8) is 0 Å². The second-order valence-corrected chi connectivity index (χ2v) is 5.46. The van der Waals surface area contributed by atoms with Gasteiger partial charge in [0.15, 0.2) is 0 Å². The maximum absolute atomic E-state index is 9.96. The number of nitrogens with one attached hydrogen (secondary N) is 1. The molecule has 2 N–H and O–H groups in total. The van der Waals surface area contributed by atoms with Gasteiger partial charge in [0.1, 0.15) is 5.75 Å². The number of benzene rings is 2. The van der Waals surface area contributed by atoms with Gasteiger partial charge in [-0.15, -0.1) is 0 Å². The lowest BCUT2D eigenvalue weighted by Crippen LogP contribution is -2.06. The topological polar surface area (TPSA) is 32.3 Å². The first-order chi connectivity index (χ1) is 8.95. The van der Waals surface area contributed by atoms with Crippen LogP contribution >= 0.6 is 23.2 Å². The Balaban J connectivity index is 2.22. The highest BCUT2D eigenvalue weighted by atomic mass is 35.5. The van der Waals surface area contributed by atoms with E-state index in [9.17, 15) is 5.11 Å². The SMILES string of the molecule is Cc1ccc(C(C)Nc2cc(Cl)cc(Cl)c2)c(O)c1. The Labute approximate surface area is 123 Å². The molecule has 0 aliphatic carbocycles. The standard InChI is InChI=1S/C15H15Cl2NO/c1-9-3-4-14(15(19)5-9)10(2)18-13-7-11(16)6-12(17)8-13/h3-8,10,18-19H,1-2H3. The van der Waals surface area contributed by atoms with Gasteiger partial charge < -0.3 is 10.4 Å². The summed E-state index contributed by atoms with van der Waals surface area (Å²) in [6.07, 6.45) is 0. The van der Waals surface area contributed by atoms with Crippen LogP contribution in [0.4, 0.5) is 5.69 Å². The van der Waals surface area contributed by atoms with Crippen molar-refractivity contribution in [2.24, 2.45) is 0 Å². The number of phenolic OH excluding ortho intramolecular Hbond substituents is 1. The number of phenols is 1. The molecule has 100 valence electrons. The van der Waals surface area contributed by atoms with Crippen molar-refractivity contribution in [1.82, 2.24) is 0 Å². The second kappa shape index (κ2) is 5.72. The van der Waals surface area contributed by atoms with Crippen LogP contribution < -0.4 is 5.32 Å². The molecule has 2 aromatic carbocycles. The van der Waals surface area contributed by atoms with E-state index in [0.717, 1.165) is 16.8 Å². The number of aromatic hydroxyl groups is 1. The third-order valence-corrected chi connectivity index (χ3v) is 3.33. The van der Waals surface area contributed by atoms with Crippen LogP contribution in [0.1, 0.15) is 24.1 Å². The van der Waals surface area contributed by atoms with Crippen molar-refractivity contribution in [2.45, 2.75) is 19.9 Å². The van der Waals surface area contributed by atoms with Crippen LogP contribution in [0.2, 0.25) is 10.0 Å². The highest BCUT2D eigenvalue weighted by Gasteiger charge is 2.10. The van der Waals surface area contributed by atoms with Crippen molar-refractivity contribution in [2.75, 3.05) is 5.32 Å². The lowest BCUT2D eigenvalue weighted by Gasteiger charge is -2.17. The largest absolute Gasteiger partial charge is 0.508 e. The molecule has 0 saturated heterocycles. The van der Waals surface area contributed by atoms with Gasteiger partial charge in [-0.05, 0) is 43.7 Å². The summed E-state index contributed by atoms with van der Waals surface area (Å²) < 4.78 is 0. The van der Waals surface area contributed by atoms with Crippen molar-refractivity contribution >= 4 is 28.9 Å². The van der Waals surface area contributed by atoms with Crippen LogP contribution in [0.3, 0.4) is 0 Å². The minimum Gasteiger partial charge on any atom is -0.508 e. The molecule has 2 rings (SSSR count). The molecule has 0 aliphatic heterocycles. The number of halogens is 2.